The van der Waals surface area contributed by atoms with E-state index in [1.807, 2.05) is 0 Å². The molecule has 0 unspecified atom stereocenters. The van der Waals surface area contributed by atoms with E-state index in [0.29, 0.717) is 24.7 Å². The fraction of sp³-hybridized carbons (Fsp3) is 0.609. The van der Waals surface area contributed by atoms with Crippen molar-refractivity contribution in [3.05, 3.63) is 44.8 Å². The van der Waals surface area contributed by atoms with E-state index in [4.69, 9.17) is 4.74 Å². The van der Waals surface area contributed by atoms with E-state index in [-0.39, 0.29) is 16.5 Å². The molecule has 4 rings (SSSR count). The molecule has 2 aliphatic rings. The molecule has 7 nitrogen and oxygen atoms in total. The Balaban J connectivity index is 1.19. The number of likely N-dealkylation sites (tertiary alicyclic amines) is 1. The van der Waals surface area contributed by atoms with Crippen LogP contribution < -0.4 is 10.3 Å². The van der Waals surface area contributed by atoms with Crippen molar-refractivity contribution in [2.75, 3.05) is 39.3 Å². The summed E-state index contributed by atoms with van der Waals surface area (Å²) < 4.78 is 43.3. The Kier molecular flexibility index (Phi) is 7.73. The zero-order valence-corrected chi connectivity index (χ0v) is 20.0. The lowest BCUT2D eigenvalue weighted by Gasteiger charge is -2.33. The van der Waals surface area contributed by atoms with E-state index < -0.39 is 12.8 Å². The molecule has 1 fully saturated rings. The van der Waals surface area contributed by atoms with Crippen molar-refractivity contribution in [1.29, 1.82) is 0 Å². The van der Waals surface area contributed by atoms with E-state index in [1.165, 1.54) is 22.0 Å². The Morgan fingerprint density at radius 2 is 1.97 bits per heavy atom. The maximum Gasteiger partial charge on any atom is 0.422 e. The third kappa shape index (κ3) is 6.45. The average Bonchev–Trinajstić information content (AvgIpc) is 3.21. The van der Waals surface area contributed by atoms with Crippen molar-refractivity contribution in [3.63, 3.8) is 0 Å². The van der Waals surface area contributed by atoms with Crippen LogP contribution in [-0.2, 0) is 20.0 Å². The van der Waals surface area contributed by atoms with Gasteiger partial charge in [-0.05, 0) is 57.3 Å². The van der Waals surface area contributed by atoms with E-state index in [1.54, 1.807) is 19.2 Å². The molecule has 4 heterocycles. The van der Waals surface area contributed by atoms with Gasteiger partial charge in [-0.2, -0.15) is 13.2 Å². The van der Waals surface area contributed by atoms with Crippen molar-refractivity contribution in [2.24, 2.45) is 13.0 Å². The first-order valence-electron chi connectivity index (χ1n) is 11.5. The summed E-state index contributed by atoms with van der Waals surface area (Å²) in [7, 11) is 1.62. The lowest BCUT2D eigenvalue weighted by molar-refractivity contribution is -0.153. The van der Waals surface area contributed by atoms with Gasteiger partial charge in [0.25, 0.3) is 10.8 Å². The van der Waals surface area contributed by atoms with Crippen LogP contribution in [0.3, 0.4) is 0 Å². The fourth-order valence-electron chi connectivity index (χ4n) is 4.55. The monoisotopic (exact) mass is 498 g/mol. The second-order valence-corrected chi connectivity index (χ2v) is 10.1. The minimum atomic E-state index is -4.36. The topological polar surface area (TPSA) is 67.7 Å². The van der Waals surface area contributed by atoms with Gasteiger partial charge in [0.1, 0.15) is 0 Å². The first-order valence-corrected chi connectivity index (χ1v) is 12.3. The second kappa shape index (κ2) is 10.6. The average molecular weight is 499 g/mol. The van der Waals surface area contributed by atoms with Crippen LogP contribution in [-0.4, -0.2) is 70.6 Å². The number of ketones is 1. The molecule has 0 amide bonds. The maximum atomic E-state index is 12.6. The quantitative estimate of drug-likeness (QED) is 0.521. The summed E-state index contributed by atoms with van der Waals surface area (Å²) in [5, 5.41) is 0.0988. The molecule has 0 N–H and O–H groups in total. The number of piperidine rings is 1. The third-order valence-corrected chi connectivity index (χ3v) is 7.61. The van der Waals surface area contributed by atoms with E-state index in [0.717, 1.165) is 62.4 Å². The molecule has 0 saturated carbocycles. The number of hydrogen-bond acceptors (Lipinski definition) is 7. The number of carbonyl (C=O) groups excluding carboxylic acids is 1. The summed E-state index contributed by atoms with van der Waals surface area (Å²) in [5.74, 6) is 0.541. The van der Waals surface area contributed by atoms with Gasteiger partial charge in [0.15, 0.2) is 12.4 Å². The number of fused-ring (bicyclic) bond motifs is 1. The number of nitrogens with zero attached hydrogens (tertiary/aromatic N) is 4. The highest BCUT2D eigenvalue weighted by atomic mass is 32.1. The molecule has 0 radical (unpaired) electrons. The smallest absolute Gasteiger partial charge is 0.422 e. The van der Waals surface area contributed by atoms with Gasteiger partial charge in [0.2, 0.25) is 0 Å². The molecule has 0 aliphatic carbocycles. The van der Waals surface area contributed by atoms with Gasteiger partial charge in [-0.25, -0.2) is 4.98 Å². The van der Waals surface area contributed by atoms with Gasteiger partial charge < -0.3 is 9.30 Å². The molecule has 2 aromatic heterocycles. The molecule has 1 saturated heterocycles. The van der Waals surface area contributed by atoms with Crippen LogP contribution in [0.2, 0.25) is 0 Å². The predicted octanol–water partition coefficient (Wildman–Crippen LogP) is 3.13. The molecule has 2 aliphatic heterocycles. The Hall–Kier alpha value is -2.24. The number of alkyl halides is 3. The zero-order chi connectivity index (χ0) is 24.3. The zero-order valence-electron chi connectivity index (χ0n) is 19.1. The number of Topliss-reactive ketones (excluding diaryl/α,β-unsaturated/α-hetero) is 1. The highest BCUT2D eigenvalue weighted by molar-refractivity contribution is 7.13. The van der Waals surface area contributed by atoms with Gasteiger partial charge in [0.05, 0.1) is 17.9 Å². The predicted molar refractivity (Wildman–Crippen MR) is 122 cm³/mol. The Bertz CT molecular complexity index is 1060. The Labute approximate surface area is 200 Å². The number of rotatable bonds is 8. The molecule has 2 aromatic rings. The molecule has 186 valence electrons. The highest BCUT2D eigenvalue weighted by Gasteiger charge is 2.30. The second-order valence-electron chi connectivity index (χ2n) is 9.02. The Morgan fingerprint density at radius 3 is 2.71 bits per heavy atom. The number of aromatic nitrogens is 2. The van der Waals surface area contributed by atoms with Gasteiger partial charge in [-0.3, -0.25) is 19.4 Å². The van der Waals surface area contributed by atoms with Gasteiger partial charge in [0, 0.05) is 31.1 Å². The summed E-state index contributed by atoms with van der Waals surface area (Å²) in [6.07, 6.45) is -0.490. The summed E-state index contributed by atoms with van der Waals surface area (Å²) in [6, 6.07) is 4.75. The van der Waals surface area contributed by atoms with Crippen LogP contribution >= 0.6 is 11.3 Å². The van der Waals surface area contributed by atoms with Gasteiger partial charge in [-0.15, -0.1) is 0 Å². The van der Waals surface area contributed by atoms with Gasteiger partial charge >= 0.3 is 6.18 Å². The number of hydrogen-bond donors (Lipinski definition) is 0. The van der Waals surface area contributed by atoms with Crippen molar-refractivity contribution < 1.29 is 22.7 Å². The molecular formula is C23H29F3N4O3S. The van der Waals surface area contributed by atoms with Crippen LogP contribution in [0.5, 0.6) is 5.19 Å². The SMILES string of the molecule is Cn1c(C(=O)CN2CCC(CCN3CCc4sc(OCC(F)(F)F)nc4C3)CC2)cccc1=O. The van der Waals surface area contributed by atoms with Crippen LogP contribution in [0.4, 0.5) is 13.2 Å². The van der Waals surface area contributed by atoms with Crippen molar-refractivity contribution in [3.8, 4) is 5.19 Å². The van der Waals surface area contributed by atoms with Crippen LogP contribution in [0, 0.1) is 5.92 Å². The van der Waals surface area contributed by atoms with Crippen molar-refractivity contribution in [2.45, 2.75) is 38.4 Å². The van der Waals surface area contributed by atoms with Crippen molar-refractivity contribution in [1.82, 2.24) is 19.4 Å². The number of ether oxygens (including phenoxy) is 1. The number of halogens is 3. The number of pyridine rings is 1. The van der Waals surface area contributed by atoms with Crippen molar-refractivity contribution >= 4 is 17.1 Å². The summed E-state index contributed by atoms with van der Waals surface area (Å²) in [5.41, 5.74) is 1.09. The maximum absolute atomic E-state index is 12.6. The molecule has 11 heteroatoms. The molecular weight excluding hydrogens is 469 g/mol. The molecule has 0 spiro atoms. The standard InChI is InChI=1S/C23H29F3N4O3S/c1-28-18(3-2-4-21(28)32)19(31)14-30-10-6-16(7-11-30)5-9-29-12-8-20-17(13-29)27-22(34-20)33-15-23(24,25)26/h2-4,16H,5-15H2,1H3. The first-order chi connectivity index (χ1) is 16.2. The fourth-order valence-corrected chi connectivity index (χ4v) is 5.46. The largest absolute Gasteiger partial charge is 0.460 e. The lowest BCUT2D eigenvalue weighted by atomic mass is 9.93. The number of thiazole rings is 1. The molecule has 0 atom stereocenters. The molecule has 0 bridgehead atoms. The summed E-state index contributed by atoms with van der Waals surface area (Å²) >= 11 is 1.22. The minimum absolute atomic E-state index is 0.0374. The van der Waals surface area contributed by atoms with Crippen LogP contribution in [0.15, 0.2) is 23.0 Å². The van der Waals surface area contributed by atoms with Crippen LogP contribution in [0.25, 0.3) is 0 Å². The van der Waals surface area contributed by atoms with Gasteiger partial charge in [-0.1, -0.05) is 17.4 Å². The van der Waals surface area contributed by atoms with E-state index in [9.17, 15) is 22.8 Å². The number of carbonyl (C=O) groups is 1. The van der Waals surface area contributed by atoms with Crippen LogP contribution in [0.1, 0.15) is 40.3 Å². The molecule has 0 aromatic carbocycles. The minimum Gasteiger partial charge on any atom is -0.460 e. The molecule has 34 heavy (non-hydrogen) atoms. The van der Waals surface area contributed by atoms with E-state index in [2.05, 4.69) is 14.8 Å². The highest BCUT2D eigenvalue weighted by Crippen LogP contribution is 2.31. The third-order valence-electron chi connectivity index (χ3n) is 6.54. The summed E-state index contributed by atoms with van der Waals surface area (Å²) in [6.45, 7) is 3.16. The lowest BCUT2D eigenvalue weighted by Crippen LogP contribution is -2.39. The Morgan fingerprint density at radius 1 is 1.21 bits per heavy atom. The first kappa shape index (κ1) is 24.9. The normalized spacial score (nSPS) is 18.1. The van der Waals surface area contributed by atoms with E-state index >= 15 is 0 Å². The summed E-state index contributed by atoms with van der Waals surface area (Å²) in [4.78, 5) is 34.1.